The molecule has 0 saturated heterocycles. The van der Waals surface area contributed by atoms with Crippen molar-refractivity contribution in [2.24, 2.45) is 17.8 Å². The van der Waals surface area contributed by atoms with Crippen LogP contribution in [0.4, 0.5) is 0 Å². The summed E-state index contributed by atoms with van der Waals surface area (Å²) in [5.74, 6) is 4.34. The van der Waals surface area contributed by atoms with Crippen LogP contribution in [-0.2, 0) is 4.79 Å². The predicted octanol–water partition coefficient (Wildman–Crippen LogP) is 6.10. The van der Waals surface area contributed by atoms with Crippen molar-refractivity contribution in [1.82, 2.24) is 0 Å². The molecule has 2 aliphatic rings. The van der Waals surface area contributed by atoms with Gasteiger partial charge in [-0.25, -0.2) is 0 Å². The van der Waals surface area contributed by atoms with E-state index >= 15 is 0 Å². The van der Waals surface area contributed by atoms with Crippen molar-refractivity contribution in [3.05, 3.63) is 29.8 Å². The Balaban J connectivity index is 1.46. The summed E-state index contributed by atoms with van der Waals surface area (Å²) in [5.41, 5.74) is 1.42. The van der Waals surface area contributed by atoms with E-state index < -0.39 is 0 Å². The fraction of sp³-hybridized carbons (Fsp3) is 0.682. The number of hydrogen-bond acceptors (Lipinski definition) is 2. The van der Waals surface area contributed by atoms with E-state index in [1.165, 1.54) is 69.8 Å². The van der Waals surface area contributed by atoms with Gasteiger partial charge < -0.3 is 4.74 Å². The molecular formula is C22H32O2. The van der Waals surface area contributed by atoms with Crippen LogP contribution in [0.1, 0.15) is 82.6 Å². The molecule has 132 valence electrons. The van der Waals surface area contributed by atoms with Crippen LogP contribution in [0.3, 0.4) is 0 Å². The van der Waals surface area contributed by atoms with Gasteiger partial charge >= 0.3 is 0 Å². The molecule has 2 fully saturated rings. The maximum absolute atomic E-state index is 10.4. The maximum Gasteiger partial charge on any atom is 0.298 e. The standard InChI is InChI=1S/C22H32O2/c1-2-3-17-4-6-18(7-5-17)19-8-10-20(11-9-19)21-12-14-22(15-13-21)24-16-23/h12-20H,2-11H2,1H3/t17-,18-,19-,20-. The average molecular weight is 328 g/mol. The van der Waals surface area contributed by atoms with Gasteiger partial charge in [-0.15, -0.1) is 0 Å². The molecular weight excluding hydrogens is 296 g/mol. The van der Waals surface area contributed by atoms with Gasteiger partial charge in [0.05, 0.1) is 0 Å². The third kappa shape index (κ3) is 4.40. The van der Waals surface area contributed by atoms with E-state index in [-0.39, 0.29) is 0 Å². The number of hydrogen-bond donors (Lipinski definition) is 0. The molecule has 2 aliphatic carbocycles. The number of carbonyl (C=O) groups is 1. The second kappa shape index (κ2) is 8.69. The molecule has 2 nitrogen and oxygen atoms in total. The minimum Gasteiger partial charge on any atom is -0.429 e. The number of rotatable bonds is 6. The van der Waals surface area contributed by atoms with Crippen molar-refractivity contribution < 1.29 is 9.53 Å². The van der Waals surface area contributed by atoms with Crippen molar-refractivity contribution in [2.45, 2.75) is 77.0 Å². The minimum absolute atomic E-state index is 0.495. The molecule has 0 aromatic heterocycles. The Labute approximate surface area is 147 Å². The van der Waals surface area contributed by atoms with Crippen molar-refractivity contribution >= 4 is 6.47 Å². The average Bonchev–Trinajstić information content (AvgIpc) is 2.64. The van der Waals surface area contributed by atoms with Gasteiger partial charge in [-0.3, -0.25) is 4.79 Å². The zero-order valence-corrected chi connectivity index (χ0v) is 15.1. The molecule has 0 N–H and O–H groups in total. The lowest BCUT2D eigenvalue weighted by atomic mass is 9.68. The molecule has 0 spiro atoms. The molecule has 0 amide bonds. The number of benzene rings is 1. The highest BCUT2D eigenvalue weighted by Gasteiger charge is 2.31. The van der Waals surface area contributed by atoms with Crippen LogP contribution in [0, 0.1) is 17.8 Å². The molecule has 1 aromatic carbocycles. The van der Waals surface area contributed by atoms with E-state index in [1.54, 1.807) is 0 Å². The zero-order chi connectivity index (χ0) is 16.8. The summed E-state index contributed by atoms with van der Waals surface area (Å²) in [6.45, 7) is 2.82. The SMILES string of the molecule is CCC[C@H]1CC[C@H]([C@H]2CC[C@H](c3ccc(OC=O)cc3)CC2)CC1. The monoisotopic (exact) mass is 328 g/mol. The topological polar surface area (TPSA) is 26.3 Å². The fourth-order valence-electron chi connectivity index (χ4n) is 5.15. The minimum atomic E-state index is 0.495. The van der Waals surface area contributed by atoms with Crippen molar-refractivity contribution in [3.63, 3.8) is 0 Å². The van der Waals surface area contributed by atoms with E-state index in [0.29, 0.717) is 18.1 Å². The third-order valence-electron chi connectivity index (χ3n) is 6.56. The van der Waals surface area contributed by atoms with Gasteiger partial charge in [-0.1, -0.05) is 44.7 Å². The van der Waals surface area contributed by atoms with Crippen molar-refractivity contribution in [2.75, 3.05) is 0 Å². The van der Waals surface area contributed by atoms with Gasteiger partial charge in [0.1, 0.15) is 5.75 Å². The van der Waals surface area contributed by atoms with Crippen LogP contribution in [0.25, 0.3) is 0 Å². The Kier molecular flexibility index (Phi) is 6.34. The largest absolute Gasteiger partial charge is 0.429 e. The summed E-state index contributed by atoms with van der Waals surface area (Å²) < 4.78 is 4.89. The molecule has 24 heavy (non-hydrogen) atoms. The van der Waals surface area contributed by atoms with Crippen LogP contribution in [0.15, 0.2) is 24.3 Å². The second-order valence-corrected chi connectivity index (χ2v) is 7.96. The Morgan fingerprint density at radius 2 is 1.50 bits per heavy atom. The lowest BCUT2D eigenvalue weighted by Crippen LogP contribution is -2.25. The summed E-state index contributed by atoms with van der Waals surface area (Å²) in [4.78, 5) is 10.4. The first kappa shape index (κ1) is 17.5. The van der Waals surface area contributed by atoms with Crippen LogP contribution >= 0.6 is 0 Å². The van der Waals surface area contributed by atoms with Crippen molar-refractivity contribution in [3.8, 4) is 5.75 Å². The smallest absolute Gasteiger partial charge is 0.298 e. The van der Waals surface area contributed by atoms with E-state index in [0.717, 1.165) is 17.8 Å². The normalized spacial score (nSPS) is 30.7. The van der Waals surface area contributed by atoms with Gasteiger partial charge in [0.2, 0.25) is 0 Å². The predicted molar refractivity (Wildman–Crippen MR) is 98.2 cm³/mol. The quantitative estimate of drug-likeness (QED) is 0.590. The second-order valence-electron chi connectivity index (χ2n) is 7.96. The highest BCUT2D eigenvalue weighted by molar-refractivity contribution is 5.45. The van der Waals surface area contributed by atoms with Crippen LogP contribution in [0.5, 0.6) is 5.75 Å². The summed E-state index contributed by atoms with van der Waals surface area (Å²) >= 11 is 0. The molecule has 3 rings (SSSR count). The van der Waals surface area contributed by atoms with Crippen LogP contribution in [-0.4, -0.2) is 6.47 Å². The summed E-state index contributed by atoms with van der Waals surface area (Å²) in [5, 5.41) is 0. The fourth-order valence-corrected chi connectivity index (χ4v) is 5.15. The summed E-state index contributed by atoms with van der Waals surface area (Å²) in [6, 6.07) is 8.12. The van der Waals surface area contributed by atoms with Crippen molar-refractivity contribution in [1.29, 1.82) is 0 Å². The molecule has 0 unspecified atom stereocenters. The van der Waals surface area contributed by atoms with Crippen LogP contribution < -0.4 is 4.74 Å². The molecule has 0 radical (unpaired) electrons. The van der Waals surface area contributed by atoms with Gasteiger partial charge in [-0.2, -0.15) is 0 Å². The highest BCUT2D eigenvalue weighted by atomic mass is 16.5. The van der Waals surface area contributed by atoms with E-state index in [1.807, 2.05) is 12.1 Å². The highest BCUT2D eigenvalue weighted by Crippen LogP contribution is 2.44. The first-order chi connectivity index (χ1) is 11.8. The molecule has 0 aliphatic heterocycles. The third-order valence-corrected chi connectivity index (χ3v) is 6.56. The Morgan fingerprint density at radius 1 is 0.917 bits per heavy atom. The molecule has 1 aromatic rings. The first-order valence-corrected chi connectivity index (χ1v) is 10.0. The maximum atomic E-state index is 10.4. The molecule has 0 bridgehead atoms. The van der Waals surface area contributed by atoms with Gasteiger partial charge in [0, 0.05) is 0 Å². The van der Waals surface area contributed by atoms with Gasteiger partial charge in [-0.05, 0) is 79.9 Å². The lowest BCUT2D eigenvalue weighted by Gasteiger charge is -2.38. The van der Waals surface area contributed by atoms with E-state index in [4.69, 9.17) is 4.74 Å². The lowest BCUT2D eigenvalue weighted by molar-refractivity contribution is -0.120. The van der Waals surface area contributed by atoms with Gasteiger partial charge in [0.25, 0.3) is 6.47 Å². The number of ether oxygens (including phenoxy) is 1. The molecule has 0 heterocycles. The van der Waals surface area contributed by atoms with Gasteiger partial charge in [0.15, 0.2) is 0 Å². The Bertz CT molecular complexity index is 491. The van der Waals surface area contributed by atoms with E-state index in [9.17, 15) is 4.79 Å². The number of carbonyl (C=O) groups excluding carboxylic acids is 1. The Morgan fingerprint density at radius 3 is 2.04 bits per heavy atom. The van der Waals surface area contributed by atoms with Crippen LogP contribution in [0.2, 0.25) is 0 Å². The first-order valence-electron chi connectivity index (χ1n) is 10.0. The molecule has 2 heteroatoms. The summed E-state index contributed by atoms with van der Waals surface area (Å²) in [6.07, 6.45) is 14.2. The molecule has 0 atom stereocenters. The zero-order valence-electron chi connectivity index (χ0n) is 15.1. The van der Waals surface area contributed by atoms with E-state index in [2.05, 4.69) is 19.1 Å². The molecule has 2 saturated carbocycles. The summed E-state index contributed by atoms with van der Waals surface area (Å²) in [7, 11) is 0. The Hall–Kier alpha value is -1.31.